The summed E-state index contributed by atoms with van der Waals surface area (Å²) >= 11 is 0. The van der Waals surface area contributed by atoms with E-state index in [1.165, 1.54) is 12.1 Å². The fourth-order valence-corrected chi connectivity index (χ4v) is 3.04. The molecule has 1 fully saturated rings. The molecule has 1 aliphatic rings. The summed E-state index contributed by atoms with van der Waals surface area (Å²) < 4.78 is 13.0. The summed E-state index contributed by atoms with van der Waals surface area (Å²) in [5.74, 6) is 0.490. The van der Waals surface area contributed by atoms with Crippen LogP contribution >= 0.6 is 0 Å². The van der Waals surface area contributed by atoms with Crippen molar-refractivity contribution in [3.05, 3.63) is 35.6 Å². The Hall–Kier alpha value is -1.42. The van der Waals surface area contributed by atoms with Crippen molar-refractivity contribution in [1.29, 1.82) is 0 Å². The molecule has 2 rings (SSSR count). The van der Waals surface area contributed by atoms with Crippen molar-refractivity contribution in [1.82, 2.24) is 10.2 Å². The van der Waals surface area contributed by atoms with Crippen LogP contribution in [0.25, 0.3) is 0 Å². The van der Waals surface area contributed by atoms with E-state index in [1.807, 2.05) is 18.7 Å². The molecular formula is C17H25FN2O. The Morgan fingerprint density at radius 2 is 2.10 bits per heavy atom. The number of rotatable bonds is 4. The Balaban J connectivity index is 2.10. The van der Waals surface area contributed by atoms with Crippen LogP contribution in [0.15, 0.2) is 24.3 Å². The van der Waals surface area contributed by atoms with Gasteiger partial charge in [0.2, 0.25) is 5.91 Å². The van der Waals surface area contributed by atoms with Gasteiger partial charge in [0.05, 0.1) is 12.1 Å². The second-order valence-electron chi connectivity index (χ2n) is 5.99. The van der Waals surface area contributed by atoms with Crippen molar-refractivity contribution in [3.63, 3.8) is 0 Å². The van der Waals surface area contributed by atoms with E-state index < -0.39 is 0 Å². The number of halogens is 1. The van der Waals surface area contributed by atoms with Crippen LogP contribution in [0.4, 0.5) is 4.39 Å². The summed E-state index contributed by atoms with van der Waals surface area (Å²) in [5, 5.41) is 3.33. The number of likely N-dealkylation sites (N-methyl/N-ethyl adjacent to an activating group) is 1. The highest BCUT2D eigenvalue weighted by Crippen LogP contribution is 2.24. The number of carbonyl (C=O) groups excluding carboxylic acids is 1. The fourth-order valence-electron chi connectivity index (χ4n) is 3.04. The van der Waals surface area contributed by atoms with Crippen LogP contribution in [0, 0.1) is 11.7 Å². The predicted molar refractivity (Wildman–Crippen MR) is 82.4 cm³/mol. The molecule has 0 aliphatic carbocycles. The van der Waals surface area contributed by atoms with Gasteiger partial charge in [-0.15, -0.1) is 0 Å². The SMILES string of the molecule is CCN(C(=O)C1CC(C)CCN1)C(C)c1ccc(F)cc1. The van der Waals surface area contributed by atoms with Crippen molar-refractivity contribution < 1.29 is 9.18 Å². The second kappa shape index (κ2) is 7.03. The molecule has 1 aliphatic heterocycles. The van der Waals surface area contributed by atoms with Crippen molar-refractivity contribution in [3.8, 4) is 0 Å². The van der Waals surface area contributed by atoms with E-state index in [9.17, 15) is 9.18 Å². The average molecular weight is 292 g/mol. The van der Waals surface area contributed by atoms with Gasteiger partial charge in [-0.1, -0.05) is 19.1 Å². The lowest BCUT2D eigenvalue weighted by Crippen LogP contribution is -2.50. The number of piperidine rings is 1. The third kappa shape index (κ3) is 3.82. The number of hydrogen-bond acceptors (Lipinski definition) is 2. The Morgan fingerprint density at radius 3 is 2.67 bits per heavy atom. The number of hydrogen-bond donors (Lipinski definition) is 1. The topological polar surface area (TPSA) is 32.3 Å². The number of nitrogens with one attached hydrogen (secondary N) is 1. The van der Waals surface area contributed by atoms with Gasteiger partial charge in [0.1, 0.15) is 5.82 Å². The largest absolute Gasteiger partial charge is 0.335 e. The van der Waals surface area contributed by atoms with Gasteiger partial charge in [-0.2, -0.15) is 0 Å². The molecule has 4 heteroatoms. The predicted octanol–water partition coefficient (Wildman–Crippen LogP) is 3.12. The van der Waals surface area contributed by atoms with E-state index in [0.29, 0.717) is 12.5 Å². The van der Waals surface area contributed by atoms with Gasteiger partial charge in [-0.3, -0.25) is 4.79 Å². The minimum Gasteiger partial charge on any atom is -0.335 e. The summed E-state index contributed by atoms with van der Waals surface area (Å²) in [6.07, 6.45) is 2.02. The van der Waals surface area contributed by atoms with Crippen LogP contribution in [-0.4, -0.2) is 29.9 Å². The molecule has 3 atom stereocenters. The van der Waals surface area contributed by atoms with E-state index in [-0.39, 0.29) is 23.8 Å². The Bertz CT molecular complexity index is 474. The molecule has 116 valence electrons. The normalized spacial score (nSPS) is 23.6. The van der Waals surface area contributed by atoms with Crippen molar-refractivity contribution in [2.75, 3.05) is 13.1 Å². The van der Waals surface area contributed by atoms with Gasteiger partial charge in [-0.05, 0) is 56.8 Å². The molecule has 1 aromatic rings. The molecule has 1 amide bonds. The molecule has 1 aromatic carbocycles. The maximum Gasteiger partial charge on any atom is 0.240 e. The Morgan fingerprint density at radius 1 is 1.43 bits per heavy atom. The van der Waals surface area contributed by atoms with Gasteiger partial charge in [0, 0.05) is 6.54 Å². The zero-order chi connectivity index (χ0) is 15.4. The standard InChI is InChI=1S/C17H25FN2O/c1-4-20(13(3)14-5-7-15(18)8-6-14)17(21)16-11-12(2)9-10-19-16/h5-8,12-13,16,19H,4,9-11H2,1-3H3. The summed E-state index contributed by atoms with van der Waals surface area (Å²) in [4.78, 5) is 14.6. The highest BCUT2D eigenvalue weighted by Gasteiger charge is 2.30. The van der Waals surface area contributed by atoms with Crippen LogP contribution in [0.2, 0.25) is 0 Å². The third-order valence-electron chi connectivity index (χ3n) is 4.41. The highest BCUT2D eigenvalue weighted by atomic mass is 19.1. The van der Waals surface area contributed by atoms with Gasteiger partial charge in [0.15, 0.2) is 0 Å². The van der Waals surface area contributed by atoms with E-state index >= 15 is 0 Å². The summed E-state index contributed by atoms with van der Waals surface area (Å²) in [6, 6.07) is 6.29. The zero-order valence-corrected chi connectivity index (χ0v) is 13.1. The molecule has 0 bridgehead atoms. The molecule has 3 nitrogen and oxygen atoms in total. The summed E-state index contributed by atoms with van der Waals surface area (Å²) in [5.41, 5.74) is 0.968. The first kappa shape index (κ1) is 16.0. The van der Waals surface area contributed by atoms with Crippen molar-refractivity contribution >= 4 is 5.91 Å². The minimum atomic E-state index is -0.247. The first-order valence-electron chi connectivity index (χ1n) is 7.82. The summed E-state index contributed by atoms with van der Waals surface area (Å²) in [6.45, 7) is 7.75. The van der Waals surface area contributed by atoms with E-state index in [1.54, 1.807) is 12.1 Å². The van der Waals surface area contributed by atoms with Crippen LogP contribution < -0.4 is 5.32 Å². The van der Waals surface area contributed by atoms with Crippen LogP contribution in [0.1, 0.15) is 45.2 Å². The zero-order valence-electron chi connectivity index (χ0n) is 13.1. The minimum absolute atomic E-state index is 0.0397. The molecule has 0 saturated carbocycles. The number of amides is 1. The van der Waals surface area contributed by atoms with Gasteiger partial charge >= 0.3 is 0 Å². The smallest absolute Gasteiger partial charge is 0.240 e. The molecule has 1 saturated heterocycles. The number of benzene rings is 1. The van der Waals surface area contributed by atoms with Crippen molar-refractivity contribution in [2.45, 2.75) is 45.7 Å². The third-order valence-corrected chi connectivity index (χ3v) is 4.41. The van der Waals surface area contributed by atoms with Crippen LogP contribution in [0.5, 0.6) is 0 Å². The maximum absolute atomic E-state index is 13.0. The average Bonchev–Trinajstić information content (AvgIpc) is 2.48. The molecular weight excluding hydrogens is 267 g/mol. The lowest BCUT2D eigenvalue weighted by Gasteiger charge is -2.35. The second-order valence-corrected chi connectivity index (χ2v) is 5.99. The molecule has 21 heavy (non-hydrogen) atoms. The van der Waals surface area contributed by atoms with Gasteiger partial charge in [0.25, 0.3) is 0 Å². The Kier molecular flexibility index (Phi) is 5.34. The van der Waals surface area contributed by atoms with E-state index in [0.717, 1.165) is 24.9 Å². The first-order chi connectivity index (χ1) is 10.0. The van der Waals surface area contributed by atoms with Crippen LogP contribution in [0.3, 0.4) is 0 Å². The van der Waals surface area contributed by atoms with Gasteiger partial charge < -0.3 is 10.2 Å². The quantitative estimate of drug-likeness (QED) is 0.924. The molecule has 0 radical (unpaired) electrons. The summed E-state index contributed by atoms with van der Waals surface area (Å²) in [7, 11) is 0. The van der Waals surface area contributed by atoms with E-state index in [4.69, 9.17) is 0 Å². The monoisotopic (exact) mass is 292 g/mol. The number of carbonyl (C=O) groups is 1. The molecule has 0 spiro atoms. The maximum atomic E-state index is 13.0. The van der Waals surface area contributed by atoms with E-state index in [2.05, 4.69) is 12.2 Å². The molecule has 0 aromatic heterocycles. The Labute approximate surface area is 126 Å². The highest BCUT2D eigenvalue weighted by molar-refractivity contribution is 5.82. The molecule has 3 unspecified atom stereocenters. The molecule has 1 heterocycles. The molecule has 1 N–H and O–H groups in total. The van der Waals surface area contributed by atoms with Crippen molar-refractivity contribution in [2.24, 2.45) is 5.92 Å². The fraction of sp³-hybridized carbons (Fsp3) is 0.588. The van der Waals surface area contributed by atoms with Gasteiger partial charge in [-0.25, -0.2) is 4.39 Å². The number of nitrogens with zero attached hydrogens (tertiary/aromatic N) is 1. The van der Waals surface area contributed by atoms with Crippen LogP contribution in [-0.2, 0) is 4.79 Å². The first-order valence-corrected chi connectivity index (χ1v) is 7.82. The lowest BCUT2D eigenvalue weighted by molar-refractivity contribution is -0.136. The lowest BCUT2D eigenvalue weighted by atomic mass is 9.93.